The fourth-order valence-electron chi connectivity index (χ4n) is 2.27. The van der Waals surface area contributed by atoms with Crippen LogP contribution >= 0.6 is 0 Å². The average molecular weight is 296 g/mol. The fraction of sp³-hybridized carbons (Fsp3) is 0.350. The van der Waals surface area contributed by atoms with Crippen LogP contribution in [0.25, 0.3) is 0 Å². The van der Waals surface area contributed by atoms with E-state index in [9.17, 15) is 4.79 Å². The lowest BCUT2D eigenvalue weighted by Gasteiger charge is -2.21. The monoisotopic (exact) mass is 296 g/mol. The second kappa shape index (κ2) is 6.78. The number of carbonyl (C=O) groups excluding carboxylic acids is 1. The number of rotatable bonds is 5. The van der Waals surface area contributed by atoms with E-state index in [0.717, 1.165) is 11.1 Å². The number of ether oxygens (including phenoxy) is 1. The summed E-state index contributed by atoms with van der Waals surface area (Å²) < 4.78 is 5.89. The first kappa shape index (κ1) is 16.3. The second-order valence-corrected chi connectivity index (χ2v) is 6.51. The van der Waals surface area contributed by atoms with Crippen LogP contribution in [-0.2, 0) is 12.0 Å². The molecule has 0 saturated carbocycles. The van der Waals surface area contributed by atoms with Gasteiger partial charge in [0, 0.05) is 6.42 Å². The molecular weight excluding hydrogens is 272 g/mol. The van der Waals surface area contributed by atoms with Crippen LogP contribution in [0.3, 0.4) is 0 Å². The lowest BCUT2D eigenvalue weighted by Crippen LogP contribution is -2.13. The topological polar surface area (TPSA) is 26.3 Å². The van der Waals surface area contributed by atoms with Gasteiger partial charge < -0.3 is 4.74 Å². The fourth-order valence-corrected chi connectivity index (χ4v) is 2.27. The third-order valence-electron chi connectivity index (χ3n) is 3.70. The summed E-state index contributed by atoms with van der Waals surface area (Å²) in [4.78, 5) is 12.2. The highest BCUT2D eigenvalue weighted by Gasteiger charge is 2.18. The number of ketones is 1. The van der Waals surface area contributed by atoms with Crippen LogP contribution in [0, 0.1) is 0 Å². The molecule has 0 aliphatic heterocycles. The molecule has 2 rings (SSSR count). The van der Waals surface area contributed by atoms with Gasteiger partial charge in [0.1, 0.15) is 12.4 Å². The highest BCUT2D eigenvalue weighted by molar-refractivity contribution is 5.98. The van der Waals surface area contributed by atoms with Crippen LogP contribution in [0.4, 0.5) is 0 Å². The van der Waals surface area contributed by atoms with Crippen molar-refractivity contribution in [1.82, 2.24) is 0 Å². The minimum absolute atomic E-state index is 0.0146. The van der Waals surface area contributed by atoms with Crippen LogP contribution < -0.4 is 4.74 Å². The number of Topliss-reactive ketones (excluding diaryl/α,β-unsaturated/α-hetero) is 1. The van der Waals surface area contributed by atoms with Crippen LogP contribution in [0.1, 0.15) is 55.6 Å². The SMILES string of the molecule is CCC(=O)c1cc(C(C)(C)C)ccc1OCc1ccccc1. The Balaban J connectivity index is 2.28. The van der Waals surface area contributed by atoms with Gasteiger partial charge in [0.25, 0.3) is 0 Å². The van der Waals surface area contributed by atoms with Crippen molar-refractivity contribution in [2.45, 2.75) is 46.1 Å². The van der Waals surface area contributed by atoms with Crippen molar-refractivity contribution in [3.8, 4) is 5.75 Å². The summed E-state index contributed by atoms with van der Waals surface area (Å²) in [5, 5.41) is 0. The number of carbonyl (C=O) groups is 1. The first-order valence-electron chi connectivity index (χ1n) is 7.76. The highest BCUT2D eigenvalue weighted by atomic mass is 16.5. The number of benzene rings is 2. The first-order chi connectivity index (χ1) is 10.4. The molecule has 0 aliphatic rings. The van der Waals surface area contributed by atoms with Crippen molar-refractivity contribution in [2.75, 3.05) is 0 Å². The third kappa shape index (κ3) is 3.97. The normalized spacial score (nSPS) is 11.3. The zero-order valence-electron chi connectivity index (χ0n) is 13.8. The first-order valence-corrected chi connectivity index (χ1v) is 7.76. The van der Waals surface area contributed by atoms with E-state index in [-0.39, 0.29) is 11.2 Å². The molecule has 2 nitrogen and oxygen atoms in total. The molecule has 0 atom stereocenters. The summed E-state index contributed by atoms with van der Waals surface area (Å²) in [6.07, 6.45) is 0.481. The molecule has 0 unspecified atom stereocenters. The van der Waals surface area contributed by atoms with E-state index in [2.05, 4.69) is 20.8 Å². The Kier molecular flexibility index (Phi) is 5.02. The van der Waals surface area contributed by atoms with Crippen molar-refractivity contribution in [3.05, 3.63) is 65.2 Å². The average Bonchev–Trinajstić information content (AvgIpc) is 2.52. The number of hydrogen-bond acceptors (Lipinski definition) is 2. The van der Waals surface area contributed by atoms with Crippen molar-refractivity contribution < 1.29 is 9.53 Å². The maximum absolute atomic E-state index is 12.2. The molecule has 2 heteroatoms. The van der Waals surface area contributed by atoms with Crippen molar-refractivity contribution in [2.24, 2.45) is 0 Å². The quantitative estimate of drug-likeness (QED) is 0.713. The maximum Gasteiger partial charge on any atom is 0.166 e. The number of hydrogen-bond donors (Lipinski definition) is 0. The Labute approximate surface area is 133 Å². The van der Waals surface area contributed by atoms with E-state index in [0.29, 0.717) is 24.3 Å². The zero-order valence-corrected chi connectivity index (χ0v) is 13.8. The smallest absolute Gasteiger partial charge is 0.166 e. The van der Waals surface area contributed by atoms with E-state index < -0.39 is 0 Å². The molecule has 0 bridgehead atoms. The Morgan fingerprint density at radius 2 is 1.73 bits per heavy atom. The second-order valence-electron chi connectivity index (χ2n) is 6.51. The van der Waals surface area contributed by atoms with Crippen LogP contribution in [0.15, 0.2) is 48.5 Å². The van der Waals surface area contributed by atoms with Gasteiger partial charge in [-0.05, 0) is 28.7 Å². The summed E-state index contributed by atoms with van der Waals surface area (Å²) in [7, 11) is 0. The minimum atomic E-state index is 0.0146. The lowest BCUT2D eigenvalue weighted by atomic mass is 9.85. The van der Waals surface area contributed by atoms with Gasteiger partial charge >= 0.3 is 0 Å². The molecule has 2 aromatic rings. The van der Waals surface area contributed by atoms with Crippen LogP contribution in [0.2, 0.25) is 0 Å². The highest BCUT2D eigenvalue weighted by Crippen LogP contribution is 2.29. The minimum Gasteiger partial charge on any atom is -0.488 e. The molecule has 22 heavy (non-hydrogen) atoms. The molecule has 0 aromatic heterocycles. The van der Waals surface area contributed by atoms with Gasteiger partial charge in [0.15, 0.2) is 5.78 Å². The standard InChI is InChI=1S/C20H24O2/c1-5-18(21)17-13-16(20(2,3)4)11-12-19(17)22-14-15-9-7-6-8-10-15/h6-13H,5,14H2,1-4H3. The molecule has 0 saturated heterocycles. The zero-order chi connectivity index (χ0) is 16.2. The van der Waals surface area contributed by atoms with Gasteiger partial charge in [0.05, 0.1) is 5.56 Å². The summed E-state index contributed by atoms with van der Waals surface area (Å²) in [6.45, 7) is 8.79. The molecule has 116 valence electrons. The molecule has 0 radical (unpaired) electrons. The lowest BCUT2D eigenvalue weighted by molar-refractivity contribution is 0.0983. The maximum atomic E-state index is 12.2. The van der Waals surface area contributed by atoms with E-state index >= 15 is 0 Å². The van der Waals surface area contributed by atoms with Crippen molar-refractivity contribution in [1.29, 1.82) is 0 Å². The van der Waals surface area contributed by atoms with Gasteiger partial charge in [-0.15, -0.1) is 0 Å². The summed E-state index contributed by atoms with van der Waals surface area (Å²) in [6, 6.07) is 15.9. The van der Waals surface area contributed by atoms with E-state index in [4.69, 9.17) is 4.74 Å². The molecule has 0 heterocycles. The largest absolute Gasteiger partial charge is 0.488 e. The van der Waals surface area contributed by atoms with E-state index in [1.165, 1.54) is 0 Å². The molecule has 0 fully saturated rings. The van der Waals surface area contributed by atoms with Crippen LogP contribution in [-0.4, -0.2) is 5.78 Å². The summed E-state index contributed by atoms with van der Waals surface area (Å²) in [5.74, 6) is 0.790. The Morgan fingerprint density at radius 3 is 2.32 bits per heavy atom. The van der Waals surface area contributed by atoms with Gasteiger partial charge in [-0.3, -0.25) is 4.79 Å². The van der Waals surface area contributed by atoms with Gasteiger partial charge in [-0.1, -0.05) is 64.1 Å². The van der Waals surface area contributed by atoms with Gasteiger partial charge in [-0.2, -0.15) is 0 Å². The summed E-state index contributed by atoms with van der Waals surface area (Å²) in [5.41, 5.74) is 2.94. The Bertz CT molecular complexity index is 637. The van der Waals surface area contributed by atoms with E-state index in [1.54, 1.807) is 0 Å². The molecule has 0 spiro atoms. The molecule has 2 aromatic carbocycles. The van der Waals surface area contributed by atoms with Crippen molar-refractivity contribution >= 4 is 5.78 Å². The Hall–Kier alpha value is -2.09. The third-order valence-corrected chi connectivity index (χ3v) is 3.70. The molecule has 0 aliphatic carbocycles. The molecular formula is C20H24O2. The van der Waals surface area contributed by atoms with Crippen LogP contribution in [0.5, 0.6) is 5.75 Å². The predicted molar refractivity (Wildman–Crippen MR) is 90.5 cm³/mol. The summed E-state index contributed by atoms with van der Waals surface area (Å²) >= 11 is 0. The molecule has 0 amide bonds. The molecule has 0 N–H and O–H groups in total. The van der Waals surface area contributed by atoms with Crippen molar-refractivity contribution in [3.63, 3.8) is 0 Å². The van der Waals surface area contributed by atoms with Gasteiger partial charge in [0.2, 0.25) is 0 Å². The van der Waals surface area contributed by atoms with E-state index in [1.807, 2.05) is 55.5 Å². The van der Waals surface area contributed by atoms with Gasteiger partial charge in [-0.25, -0.2) is 0 Å². The predicted octanol–water partition coefficient (Wildman–Crippen LogP) is 5.16. The Morgan fingerprint density at radius 1 is 1.05 bits per heavy atom.